The molecule has 0 amide bonds. The molecule has 0 saturated heterocycles. The van der Waals surface area contributed by atoms with Gasteiger partial charge in [0, 0.05) is 11.1 Å². The second kappa shape index (κ2) is 12.5. The van der Waals surface area contributed by atoms with E-state index in [1.54, 1.807) is 14.2 Å². The van der Waals surface area contributed by atoms with E-state index >= 15 is 0 Å². The highest BCUT2D eigenvalue weighted by atomic mass is 16.5. The molecule has 1 heterocycles. The van der Waals surface area contributed by atoms with Gasteiger partial charge in [-0.1, -0.05) is 51.2 Å². The molecule has 0 aliphatic rings. The molecule has 0 radical (unpaired) electrons. The second-order valence-electron chi connectivity index (χ2n) is 8.14. The van der Waals surface area contributed by atoms with E-state index < -0.39 is 0 Å². The molecular formula is C28H33N3O3. The number of nitrogen functional groups attached to an aromatic ring is 1. The average Bonchev–Trinajstić information content (AvgIpc) is 2.87. The third kappa shape index (κ3) is 6.20. The fourth-order valence-electron chi connectivity index (χ4n) is 3.86. The first-order valence-electron chi connectivity index (χ1n) is 11.8. The van der Waals surface area contributed by atoms with Crippen LogP contribution in [0.4, 0.5) is 5.82 Å². The molecule has 0 aliphatic heterocycles. The number of aromatic nitrogens is 1. The van der Waals surface area contributed by atoms with E-state index in [1.807, 2.05) is 48.5 Å². The number of pyridine rings is 1. The number of benzene rings is 2. The van der Waals surface area contributed by atoms with Crippen LogP contribution in [0.25, 0.3) is 22.4 Å². The van der Waals surface area contributed by atoms with Gasteiger partial charge in [0.05, 0.1) is 26.5 Å². The highest BCUT2D eigenvalue weighted by molar-refractivity contribution is 5.80. The Balaban J connectivity index is 1.79. The molecule has 2 aromatic carbocycles. The Morgan fingerprint density at radius 2 is 1.53 bits per heavy atom. The molecule has 0 fully saturated rings. The smallest absolute Gasteiger partial charge is 0.161 e. The summed E-state index contributed by atoms with van der Waals surface area (Å²) in [6.07, 6.45) is 7.37. The molecule has 2 N–H and O–H groups in total. The number of nitriles is 1. The normalized spacial score (nSPS) is 10.5. The molecular weight excluding hydrogens is 426 g/mol. The molecule has 0 aliphatic carbocycles. The zero-order chi connectivity index (χ0) is 24.3. The van der Waals surface area contributed by atoms with Crippen molar-refractivity contribution in [2.24, 2.45) is 0 Å². The van der Waals surface area contributed by atoms with Crippen LogP contribution in [-0.2, 0) is 0 Å². The molecule has 0 atom stereocenters. The van der Waals surface area contributed by atoms with Gasteiger partial charge in [0.15, 0.2) is 11.5 Å². The summed E-state index contributed by atoms with van der Waals surface area (Å²) in [5, 5.41) is 9.72. The van der Waals surface area contributed by atoms with Gasteiger partial charge in [0.2, 0.25) is 0 Å². The van der Waals surface area contributed by atoms with Crippen molar-refractivity contribution in [3.63, 3.8) is 0 Å². The fraction of sp³-hybridized carbons (Fsp3) is 0.357. The lowest BCUT2D eigenvalue weighted by Gasteiger charge is -2.13. The minimum atomic E-state index is 0.188. The minimum Gasteiger partial charge on any atom is -0.494 e. The average molecular weight is 460 g/mol. The van der Waals surface area contributed by atoms with Crippen LogP contribution in [0, 0.1) is 11.3 Å². The third-order valence-electron chi connectivity index (χ3n) is 5.77. The topological polar surface area (TPSA) is 90.4 Å². The van der Waals surface area contributed by atoms with E-state index in [1.165, 1.54) is 32.1 Å². The van der Waals surface area contributed by atoms with Crippen LogP contribution in [0.15, 0.2) is 48.5 Å². The van der Waals surface area contributed by atoms with Gasteiger partial charge in [-0.05, 0) is 48.4 Å². The van der Waals surface area contributed by atoms with Gasteiger partial charge in [0.25, 0.3) is 0 Å². The van der Waals surface area contributed by atoms with Gasteiger partial charge in [-0.2, -0.15) is 5.26 Å². The van der Waals surface area contributed by atoms with Crippen LogP contribution in [0.5, 0.6) is 17.2 Å². The van der Waals surface area contributed by atoms with Crippen molar-refractivity contribution in [2.75, 3.05) is 26.6 Å². The number of nitrogens with zero attached hydrogens (tertiary/aromatic N) is 2. The summed E-state index contributed by atoms with van der Waals surface area (Å²) in [6, 6.07) is 17.4. The van der Waals surface area contributed by atoms with Gasteiger partial charge in [0.1, 0.15) is 23.2 Å². The zero-order valence-corrected chi connectivity index (χ0v) is 20.3. The number of hydrogen-bond acceptors (Lipinski definition) is 6. The van der Waals surface area contributed by atoms with Gasteiger partial charge < -0.3 is 19.9 Å². The van der Waals surface area contributed by atoms with Crippen LogP contribution in [0.3, 0.4) is 0 Å². The van der Waals surface area contributed by atoms with Crippen molar-refractivity contribution in [1.29, 1.82) is 5.26 Å². The lowest BCUT2D eigenvalue weighted by molar-refractivity contribution is 0.304. The number of nitrogens with two attached hydrogens (primary N) is 1. The van der Waals surface area contributed by atoms with Crippen molar-refractivity contribution in [1.82, 2.24) is 4.98 Å². The van der Waals surface area contributed by atoms with Crippen molar-refractivity contribution >= 4 is 5.82 Å². The third-order valence-corrected chi connectivity index (χ3v) is 5.77. The van der Waals surface area contributed by atoms with E-state index in [2.05, 4.69) is 18.0 Å². The molecule has 0 bridgehead atoms. The summed E-state index contributed by atoms with van der Waals surface area (Å²) in [6.45, 7) is 2.93. The van der Waals surface area contributed by atoms with Gasteiger partial charge in [-0.3, -0.25) is 0 Å². The maximum atomic E-state index is 9.72. The van der Waals surface area contributed by atoms with Crippen LogP contribution in [0.1, 0.15) is 51.0 Å². The SMILES string of the molecule is CCCCCCCCOc1ccc(-c2cc(-c3ccc(OC)c(OC)c3)nc(N)c2C#N)cc1. The van der Waals surface area contributed by atoms with E-state index in [0.717, 1.165) is 28.9 Å². The van der Waals surface area contributed by atoms with Gasteiger partial charge >= 0.3 is 0 Å². The van der Waals surface area contributed by atoms with Crippen LogP contribution in [-0.4, -0.2) is 25.8 Å². The van der Waals surface area contributed by atoms with Gasteiger partial charge in [-0.15, -0.1) is 0 Å². The summed E-state index contributed by atoms with van der Waals surface area (Å²) in [5.41, 5.74) is 9.59. The predicted molar refractivity (Wildman–Crippen MR) is 136 cm³/mol. The van der Waals surface area contributed by atoms with Crippen LogP contribution >= 0.6 is 0 Å². The highest BCUT2D eigenvalue weighted by Crippen LogP contribution is 2.35. The molecule has 6 heteroatoms. The standard InChI is InChI=1S/C28H33N3O3/c1-4-5-6-7-8-9-16-34-22-13-10-20(11-14-22)23-18-25(31-28(30)24(23)19-29)21-12-15-26(32-2)27(17-21)33-3/h10-15,17-18H,4-9,16H2,1-3H3,(H2,30,31). The molecule has 34 heavy (non-hydrogen) atoms. The molecule has 0 spiro atoms. The Morgan fingerprint density at radius 3 is 2.21 bits per heavy atom. The Bertz CT molecular complexity index is 1120. The summed E-state index contributed by atoms with van der Waals surface area (Å²) in [4.78, 5) is 4.46. The number of rotatable bonds is 12. The molecule has 0 unspecified atom stereocenters. The Morgan fingerprint density at radius 1 is 0.853 bits per heavy atom. The molecule has 3 rings (SSSR count). The lowest BCUT2D eigenvalue weighted by Crippen LogP contribution is -2.00. The van der Waals surface area contributed by atoms with E-state index in [4.69, 9.17) is 19.9 Å². The maximum Gasteiger partial charge on any atom is 0.161 e. The van der Waals surface area contributed by atoms with E-state index in [0.29, 0.717) is 29.4 Å². The monoisotopic (exact) mass is 459 g/mol. The highest BCUT2D eigenvalue weighted by Gasteiger charge is 2.15. The first-order chi connectivity index (χ1) is 16.6. The summed E-state index contributed by atoms with van der Waals surface area (Å²) >= 11 is 0. The Kier molecular flexibility index (Phi) is 9.16. The first-order valence-corrected chi connectivity index (χ1v) is 11.8. The van der Waals surface area contributed by atoms with Crippen molar-refractivity contribution in [2.45, 2.75) is 45.4 Å². The molecule has 0 saturated carbocycles. The number of hydrogen-bond donors (Lipinski definition) is 1. The quantitative estimate of drug-likeness (QED) is 0.306. The number of ether oxygens (including phenoxy) is 3. The number of unbranched alkanes of at least 4 members (excludes halogenated alkanes) is 5. The Hall–Kier alpha value is -3.72. The maximum absolute atomic E-state index is 9.72. The molecule has 1 aromatic heterocycles. The number of methoxy groups -OCH3 is 2. The first kappa shape index (κ1) is 24.9. The van der Waals surface area contributed by atoms with Crippen molar-refractivity contribution in [3.8, 4) is 45.7 Å². The van der Waals surface area contributed by atoms with Crippen LogP contribution < -0.4 is 19.9 Å². The fourth-order valence-corrected chi connectivity index (χ4v) is 3.86. The molecule has 3 aromatic rings. The van der Waals surface area contributed by atoms with Crippen LogP contribution in [0.2, 0.25) is 0 Å². The Labute approximate surface area is 202 Å². The number of anilines is 1. The molecule has 178 valence electrons. The zero-order valence-electron chi connectivity index (χ0n) is 20.3. The largest absolute Gasteiger partial charge is 0.494 e. The van der Waals surface area contributed by atoms with Gasteiger partial charge in [-0.25, -0.2) is 4.98 Å². The second-order valence-corrected chi connectivity index (χ2v) is 8.14. The van der Waals surface area contributed by atoms with Crippen molar-refractivity contribution in [3.05, 3.63) is 54.1 Å². The summed E-state index contributed by atoms with van der Waals surface area (Å²) in [5.74, 6) is 2.23. The summed E-state index contributed by atoms with van der Waals surface area (Å²) < 4.78 is 16.6. The summed E-state index contributed by atoms with van der Waals surface area (Å²) in [7, 11) is 3.18. The molecule has 6 nitrogen and oxygen atoms in total. The van der Waals surface area contributed by atoms with Crippen molar-refractivity contribution < 1.29 is 14.2 Å². The van der Waals surface area contributed by atoms with E-state index in [9.17, 15) is 5.26 Å². The predicted octanol–water partition coefficient (Wildman–Crippen LogP) is 6.63. The lowest BCUT2D eigenvalue weighted by atomic mass is 9.98. The minimum absolute atomic E-state index is 0.188. The van der Waals surface area contributed by atoms with E-state index in [-0.39, 0.29) is 5.82 Å².